The third-order valence-electron chi connectivity index (χ3n) is 4.47. The number of nitrogens with one attached hydrogen (secondary N) is 1. The minimum Gasteiger partial charge on any atom is -0.312 e. The molecule has 2 aliphatic rings. The first kappa shape index (κ1) is 14.8. The second kappa shape index (κ2) is 7.28. The topological polar surface area (TPSA) is 15.3 Å². The minimum absolute atomic E-state index is 0. The summed E-state index contributed by atoms with van der Waals surface area (Å²) in [6.07, 6.45) is 5.44. The number of benzene rings is 1. The van der Waals surface area contributed by atoms with Gasteiger partial charge < -0.3 is 10.2 Å². The van der Waals surface area contributed by atoms with Crippen LogP contribution in [0.4, 0.5) is 0 Å². The number of halogens is 1. The quantitative estimate of drug-likeness (QED) is 0.916. The molecule has 0 spiro atoms. The van der Waals surface area contributed by atoms with Crippen LogP contribution in [0.5, 0.6) is 0 Å². The van der Waals surface area contributed by atoms with Crippen molar-refractivity contribution in [3.05, 3.63) is 35.9 Å². The van der Waals surface area contributed by atoms with Crippen LogP contribution in [-0.4, -0.2) is 37.1 Å². The van der Waals surface area contributed by atoms with Crippen LogP contribution in [0.3, 0.4) is 0 Å². The normalized spacial score (nSPS) is 28.0. The van der Waals surface area contributed by atoms with Crippen LogP contribution in [-0.2, 0) is 0 Å². The Kier molecular flexibility index (Phi) is 5.68. The predicted octanol–water partition coefficient (Wildman–Crippen LogP) is 3.04. The average Bonchev–Trinajstić information content (AvgIpc) is 2.93. The van der Waals surface area contributed by atoms with E-state index in [1.54, 1.807) is 0 Å². The summed E-state index contributed by atoms with van der Waals surface area (Å²) in [6.45, 7) is 5.04. The number of rotatable bonds is 3. The summed E-state index contributed by atoms with van der Waals surface area (Å²) in [5.74, 6) is 0.709. The maximum Gasteiger partial charge on any atom is 0.0263 e. The molecule has 2 heterocycles. The molecule has 3 heteroatoms. The average molecular weight is 281 g/mol. The molecule has 1 N–H and O–H groups in total. The van der Waals surface area contributed by atoms with E-state index in [0.717, 1.165) is 0 Å². The molecular formula is C16H25ClN2. The van der Waals surface area contributed by atoms with Crippen LogP contribution in [0.25, 0.3) is 0 Å². The van der Waals surface area contributed by atoms with Crippen molar-refractivity contribution in [1.29, 1.82) is 0 Å². The summed E-state index contributed by atoms with van der Waals surface area (Å²) in [7, 11) is 0. The molecule has 1 aromatic rings. The minimum atomic E-state index is 0. The van der Waals surface area contributed by atoms with E-state index in [4.69, 9.17) is 0 Å². The Morgan fingerprint density at radius 1 is 1.05 bits per heavy atom. The van der Waals surface area contributed by atoms with Crippen molar-refractivity contribution in [1.82, 2.24) is 10.2 Å². The van der Waals surface area contributed by atoms with Crippen molar-refractivity contribution in [2.45, 2.75) is 37.6 Å². The van der Waals surface area contributed by atoms with Crippen LogP contribution in [0.15, 0.2) is 30.3 Å². The molecule has 106 valence electrons. The molecule has 0 bridgehead atoms. The zero-order valence-electron chi connectivity index (χ0n) is 11.6. The van der Waals surface area contributed by atoms with Crippen molar-refractivity contribution in [3.63, 3.8) is 0 Å². The first-order chi connectivity index (χ1) is 8.93. The van der Waals surface area contributed by atoms with Gasteiger partial charge in [0, 0.05) is 18.5 Å². The number of likely N-dealkylation sites (tertiary alicyclic amines) is 1. The summed E-state index contributed by atoms with van der Waals surface area (Å²) in [5, 5.41) is 3.75. The molecule has 3 rings (SSSR count). The molecule has 0 amide bonds. The van der Waals surface area contributed by atoms with E-state index in [1.807, 2.05) is 0 Å². The molecule has 2 fully saturated rings. The molecule has 0 aromatic heterocycles. The van der Waals surface area contributed by atoms with Crippen molar-refractivity contribution in [2.24, 2.45) is 0 Å². The first-order valence-corrected chi connectivity index (χ1v) is 7.44. The maximum atomic E-state index is 3.75. The van der Waals surface area contributed by atoms with Crippen molar-refractivity contribution in [3.8, 4) is 0 Å². The largest absolute Gasteiger partial charge is 0.312 e. The Hall–Kier alpha value is -0.570. The molecular weight excluding hydrogens is 256 g/mol. The number of hydrogen-bond donors (Lipinski definition) is 1. The number of piperidine rings is 1. The van der Waals surface area contributed by atoms with E-state index < -0.39 is 0 Å². The third kappa shape index (κ3) is 3.71. The van der Waals surface area contributed by atoms with E-state index in [1.165, 1.54) is 57.4 Å². The predicted molar refractivity (Wildman–Crippen MR) is 83.1 cm³/mol. The molecule has 19 heavy (non-hydrogen) atoms. The van der Waals surface area contributed by atoms with Crippen LogP contribution < -0.4 is 5.32 Å². The van der Waals surface area contributed by atoms with Gasteiger partial charge in [0.05, 0.1) is 0 Å². The second-order valence-corrected chi connectivity index (χ2v) is 5.73. The van der Waals surface area contributed by atoms with Gasteiger partial charge in [0.15, 0.2) is 0 Å². The SMILES string of the molecule is Cl.c1ccc(C2CCCNC2CN2CCCC2)cc1. The Balaban J connectivity index is 0.00000133. The summed E-state index contributed by atoms with van der Waals surface area (Å²) >= 11 is 0. The lowest BCUT2D eigenvalue weighted by molar-refractivity contribution is 0.242. The maximum absolute atomic E-state index is 3.75. The van der Waals surface area contributed by atoms with E-state index in [9.17, 15) is 0 Å². The molecule has 0 radical (unpaired) electrons. The Labute approximate surface area is 123 Å². The third-order valence-corrected chi connectivity index (χ3v) is 4.47. The lowest BCUT2D eigenvalue weighted by Crippen LogP contribution is -2.47. The Bertz CT molecular complexity index is 362. The van der Waals surface area contributed by atoms with Gasteiger partial charge in [-0.15, -0.1) is 12.4 Å². The lowest BCUT2D eigenvalue weighted by atomic mass is 9.84. The van der Waals surface area contributed by atoms with Crippen molar-refractivity contribution in [2.75, 3.05) is 26.2 Å². The highest BCUT2D eigenvalue weighted by Gasteiger charge is 2.28. The van der Waals surface area contributed by atoms with Gasteiger partial charge in [0.25, 0.3) is 0 Å². The monoisotopic (exact) mass is 280 g/mol. The zero-order valence-corrected chi connectivity index (χ0v) is 12.4. The number of nitrogens with zero attached hydrogens (tertiary/aromatic N) is 1. The van der Waals surface area contributed by atoms with Gasteiger partial charge in [-0.1, -0.05) is 30.3 Å². The summed E-state index contributed by atoms with van der Waals surface area (Å²) < 4.78 is 0. The highest BCUT2D eigenvalue weighted by molar-refractivity contribution is 5.85. The molecule has 2 saturated heterocycles. The highest BCUT2D eigenvalue weighted by Crippen LogP contribution is 2.28. The van der Waals surface area contributed by atoms with Gasteiger partial charge in [-0.05, 0) is 50.9 Å². The van der Waals surface area contributed by atoms with E-state index in [0.29, 0.717) is 12.0 Å². The molecule has 0 saturated carbocycles. The fourth-order valence-electron chi connectivity index (χ4n) is 3.49. The smallest absolute Gasteiger partial charge is 0.0263 e. The fourth-order valence-corrected chi connectivity index (χ4v) is 3.49. The molecule has 2 unspecified atom stereocenters. The van der Waals surface area contributed by atoms with Gasteiger partial charge in [-0.2, -0.15) is 0 Å². The van der Waals surface area contributed by atoms with Gasteiger partial charge in [0.2, 0.25) is 0 Å². The van der Waals surface area contributed by atoms with Crippen LogP contribution in [0, 0.1) is 0 Å². The molecule has 2 nitrogen and oxygen atoms in total. The zero-order chi connectivity index (χ0) is 12.2. The van der Waals surface area contributed by atoms with E-state index in [2.05, 4.69) is 40.5 Å². The number of hydrogen-bond acceptors (Lipinski definition) is 2. The molecule has 2 atom stereocenters. The molecule has 0 aliphatic carbocycles. The molecule has 1 aromatic carbocycles. The van der Waals surface area contributed by atoms with Gasteiger partial charge in [-0.3, -0.25) is 0 Å². The fraction of sp³-hybridized carbons (Fsp3) is 0.625. The van der Waals surface area contributed by atoms with E-state index in [-0.39, 0.29) is 12.4 Å². The van der Waals surface area contributed by atoms with Gasteiger partial charge >= 0.3 is 0 Å². The summed E-state index contributed by atoms with van der Waals surface area (Å²) in [4.78, 5) is 2.64. The summed E-state index contributed by atoms with van der Waals surface area (Å²) in [5.41, 5.74) is 1.52. The standard InChI is InChI=1S/C16H24N2.ClH/c1-2-7-14(8-3-1)15-9-6-10-17-16(15)13-18-11-4-5-12-18;/h1-3,7-8,15-17H,4-6,9-13H2;1H. The van der Waals surface area contributed by atoms with E-state index >= 15 is 0 Å². The Morgan fingerprint density at radius 3 is 2.53 bits per heavy atom. The first-order valence-electron chi connectivity index (χ1n) is 7.44. The van der Waals surface area contributed by atoms with Crippen molar-refractivity contribution >= 4 is 12.4 Å². The van der Waals surface area contributed by atoms with Crippen molar-refractivity contribution < 1.29 is 0 Å². The van der Waals surface area contributed by atoms with Crippen LogP contribution in [0.2, 0.25) is 0 Å². The Morgan fingerprint density at radius 2 is 1.79 bits per heavy atom. The van der Waals surface area contributed by atoms with Gasteiger partial charge in [-0.25, -0.2) is 0 Å². The van der Waals surface area contributed by atoms with Crippen LogP contribution >= 0.6 is 12.4 Å². The highest BCUT2D eigenvalue weighted by atomic mass is 35.5. The summed E-state index contributed by atoms with van der Waals surface area (Å²) in [6, 6.07) is 11.7. The lowest BCUT2D eigenvalue weighted by Gasteiger charge is -2.35. The molecule has 2 aliphatic heterocycles. The van der Waals surface area contributed by atoms with Crippen LogP contribution in [0.1, 0.15) is 37.2 Å². The second-order valence-electron chi connectivity index (χ2n) is 5.73. The van der Waals surface area contributed by atoms with Gasteiger partial charge in [0.1, 0.15) is 0 Å².